The average molecular weight is 516 g/mol. The fourth-order valence-electron chi connectivity index (χ4n) is 4.00. The molecule has 0 aliphatic rings. The van der Waals surface area contributed by atoms with Gasteiger partial charge in [0.1, 0.15) is 24.2 Å². The highest BCUT2D eigenvalue weighted by molar-refractivity contribution is 7.07. The summed E-state index contributed by atoms with van der Waals surface area (Å²) in [6, 6.07) is 19.5. The van der Waals surface area contributed by atoms with Gasteiger partial charge in [-0.25, -0.2) is 4.98 Å². The summed E-state index contributed by atoms with van der Waals surface area (Å²) >= 11 is 1.51. The van der Waals surface area contributed by atoms with Gasteiger partial charge in [0.25, 0.3) is 0 Å². The molecule has 37 heavy (non-hydrogen) atoms. The zero-order chi connectivity index (χ0) is 26.2. The number of aromatic nitrogens is 2. The van der Waals surface area contributed by atoms with Gasteiger partial charge < -0.3 is 19.9 Å². The summed E-state index contributed by atoms with van der Waals surface area (Å²) in [6.07, 6.45) is 2.34. The van der Waals surface area contributed by atoms with Gasteiger partial charge in [-0.05, 0) is 62.0 Å². The topological polar surface area (TPSA) is 70.6 Å². The summed E-state index contributed by atoms with van der Waals surface area (Å²) in [5.41, 5.74) is 6.44. The third kappa shape index (κ3) is 7.15. The Morgan fingerprint density at radius 1 is 1.03 bits per heavy atom. The van der Waals surface area contributed by atoms with Crippen LogP contribution in [0.25, 0.3) is 11.1 Å². The van der Waals surface area contributed by atoms with Crippen LogP contribution in [0.1, 0.15) is 11.3 Å². The highest BCUT2D eigenvalue weighted by Gasteiger charge is 2.26. The number of nitrogens with zero attached hydrogens (tertiary/aromatic N) is 4. The average Bonchev–Trinajstić information content (AvgIpc) is 3.43. The Hall–Kier alpha value is -3.75. The molecule has 0 aliphatic heterocycles. The third-order valence-corrected chi connectivity index (χ3v) is 6.66. The van der Waals surface area contributed by atoms with E-state index in [1.807, 2.05) is 99.0 Å². The molecule has 0 fully saturated rings. The highest BCUT2D eigenvalue weighted by atomic mass is 32.1. The van der Waals surface area contributed by atoms with E-state index in [9.17, 15) is 4.79 Å². The van der Waals surface area contributed by atoms with E-state index >= 15 is 0 Å². The molecule has 1 amide bonds. The Bertz CT molecular complexity index is 1290. The number of anilines is 2. The monoisotopic (exact) mass is 515 g/mol. The normalized spacial score (nSPS) is 11.8. The minimum Gasteiger partial charge on any atom is -0.490 e. The smallest absolute Gasteiger partial charge is 0.247 e. The van der Waals surface area contributed by atoms with Gasteiger partial charge in [0.15, 0.2) is 0 Å². The number of benzene rings is 2. The van der Waals surface area contributed by atoms with Crippen LogP contribution in [0.4, 0.5) is 11.5 Å². The van der Waals surface area contributed by atoms with E-state index in [0.29, 0.717) is 24.5 Å². The lowest BCUT2D eigenvalue weighted by molar-refractivity contribution is -0.117. The molecule has 7 nitrogen and oxygen atoms in total. The van der Waals surface area contributed by atoms with Crippen LogP contribution < -0.4 is 15.0 Å². The maximum absolute atomic E-state index is 13.8. The lowest BCUT2D eigenvalue weighted by atomic mass is 10.0. The summed E-state index contributed by atoms with van der Waals surface area (Å²) in [5, 5.41) is 5.13. The van der Waals surface area contributed by atoms with E-state index < -0.39 is 6.04 Å². The lowest BCUT2D eigenvalue weighted by Gasteiger charge is -2.28. The molecule has 0 unspecified atom stereocenters. The zero-order valence-corrected chi connectivity index (χ0v) is 22.5. The number of amides is 1. The molecular weight excluding hydrogens is 482 g/mol. The first kappa shape index (κ1) is 26.3. The minimum absolute atomic E-state index is 0.125. The number of carbonyl (C=O) groups excluding carboxylic acids is 1. The van der Waals surface area contributed by atoms with Gasteiger partial charge in [-0.3, -0.25) is 9.78 Å². The van der Waals surface area contributed by atoms with Crippen LogP contribution in [-0.4, -0.2) is 61.1 Å². The first-order valence-corrected chi connectivity index (χ1v) is 13.2. The van der Waals surface area contributed by atoms with Crippen molar-refractivity contribution in [1.29, 1.82) is 0 Å². The highest BCUT2D eigenvalue weighted by Crippen LogP contribution is 2.32. The fourth-order valence-corrected chi connectivity index (χ4v) is 4.57. The fraction of sp³-hybridized carbons (Fsp3) is 0.276. The SMILES string of the molecule is Cc1cc(-c2ccc(OCCN(C)C)c(NC(=O)[C@H](Cc3ccccc3)N(C)c3cscn3)c2)ccn1. The van der Waals surface area contributed by atoms with Crippen LogP contribution in [0.5, 0.6) is 5.75 Å². The standard InChI is InChI=1S/C29H33N5O2S/c1-21-16-24(12-13-30-21)23-10-11-27(36-15-14-33(2)3)25(18-23)32-29(35)26(17-22-8-6-5-7-9-22)34(4)28-19-37-20-31-28/h5-13,16,18-20,26H,14-15,17H2,1-4H3,(H,32,35)/t26-/m0/s1. The molecule has 0 radical (unpaired) electrons. The first-order valence-electron chi connectivity index (χ1n) is 12.2. The number of hydrogen-bond donors (Lipinski definition) is 1. The van der Waals surface area contributed by atoms with Crippen molar-refractivity contribution in [2.45, 2.75) is 19.4 Å². The quantitative estimate of drug-likeness (QED) is 0.298. The van der Waals surface area contributed by atoms with Crippen LogP contribution in [-0.2, 0) is 11.2 Å². The maximum atomic E-state index is 13.8. The molecule has 2 heterocycles. The van der Waals surface area contributed by atoms with Gasteiger partial charge in [-0.15, -0.1) is 11.3 Å². The Kier molecular flexibility index (Phi) is 8.87. The summed E-state index contributed by atoms with van der Waals surface area (Å²) < 4.78 is 6.10. The molecule has 1 atom stereocenters. The molecule has 8 heteroatoms. The van der Waals surface area contributed by atoms with Gasteiger partial charge in [-0.1, -0.05) is 36.4 Å². The molecule has 192 valence electrons. The van der Waals surface area contributed by atoms with Crippen molar-refractivity contribution in [3.8, 4) is 16.9 Å². The zero-order valence-electron chi connectivity index (χ0n) is 21.7. The van der Waals surface area contributed by atoms with Crippen molar-refractivity contribution in [2.75, 3.05) is 44.5 Å². The summed E-state index contributed by atoms with van der Waals surface area (Å²) in [5.74, 6) is 1.28. The van der Waals surface area contributed by atoms with E-state index in [1.54, 1.807) is 11.7 Å². The molecule has 2 aromatic heterocycles. The Labute approximate surface area is 222 Å². The van der Waals surface area contributed by atoms with Crippen molar-refractivity contribution in [2.24, 2.45) is 0 Å². The number of hydrogen-bond acceptors (Lipinski definition) is 7. The minimum atomic E-state index is -0.467. The first-order chi connectivity index (χ1) is 17.9. The van der Waals surface area contributed by atoms with Gasteiger partial charge in [0, 0.05) is 37.3 Å². The molecule has 4 rings (SSSR count). The Balaban J connectivity index is 1.65. The van der Waals surface area contributed by atoms with Crippen molar-refractivity contribution in [1.82, 2.24) is 14.9 Å². The molecule has 2 aromatic carbocycles. The number of thiazole rings is 1. The van der Waals surface area contributed by atoms with Crippen molar-refractivity contribution >= 4 is 28.7 Å². The largest absolute Gasteiger partial charge is 0.490 e. The van der Waals surface area contributed by atoms with Crippen molar-refractivity contribution in [3.05, 3.63) is 89.0 Å². The van der Waals surface area contributed by atoms with E-state index in [-0.39, 0.29) is 5.91 Å². The van der Waals surface area contributed by atoms with Crippen LogP contribution >= 0.6 is 11.3 Å². The molecule has 0 saturated carbocycles. The number of pyridine rings is 1. The number of ether oxygens (including phenoxy) is 1. The van der Waals surface area contributed by atoms with E-state index in [0.717, 1.165) is 34.7 Å². The maximum Gasteiger partial charge on any atom is 0.247 e. The molecule has 1 N–H and O–H groups in total. The van der Waals surface area contributed by atoms with Gasteiger partial charge in [0.05, 0.1) is 11.2 Å². The predicted octanol–water partition coefficient (Wildman–Crippen LogP) is 5.14. The second-order valence-electron chi connectivity index (χ2n) is 9.20. The number of nitrogens with one attached hydrogen (secondary N) is 1. The molecule has 0 bridgehead atoms. The van der Waals surface area contributed by atoms with Crippen molar-refractivity contribution < 1.29 is 9.53 Å². The van der Waals surface area contributed by atoms with Crippen molar-refractivity contribution in [3.63, 3.8) is 0 Å². The summed E-state index contributed by atoms with van der Waals surface area (Å²) in [4.78, 5) is 26.6. The Morgan fingerprint density at radius 2 is 1.81 bits per heavy atom. The van der Waals surface area contributed by atoms with E-state index in [2.05, 4.69) is 20.2 Å². The van der Waals surface area contributed by atoms with Crippen LogP contribution in [0, 0.1) is 6.92 Å². The van der Waals surface area contributed by atoms with Crippen LogP contribution in [0.15, 0.2) is 77.8 Å². The number of aryl methyl sites for hydroxylation is 1. The Morgan fingerprint density at radius 3 is 2.51 bits per heavy atom. The number of carbonyl (C=O) groups is 1. The molecule has 0 aliphatic carbocycles. The third-order valence-electron chi connectivity index (χ3n) is 6.09. The molecular formula is C29H33N5O2S. The summed E-state index contributed by atoms with van der Waals surface area (Å²) in [7, 11) is 5.92. The van der Waals surface area contributed by atoms with Gasteiger partial charge in [0.2, 0.25) is 5.91 Å². The lowest BCUT2D eigenvalue weighted by Crippen LogP contribution is -2.44. The molecule has 0 saturated heterocycles. The second kappa shape index (κ2) is 12.5. The summed E-state index contributed by atoms with van der Waals surface area (Å²) in [6.45, 7) is 3.24. The number of likely N-dealkylation sites (N-methyl/N-ethyl adjacent to an activating group) is 2. The molecule has 4 aromatic rings. The number of rotatable bonds is 11. The molecule has 0 spiro atoms. The van der Waals surface area contributed by atoms with Gasteiger partial charge >= 0.3 is 0 Å². The van der Waals surface area contributed by atoms with E-state index in [4.69, 9.17) is 4.74 Å². The van der Waals surface area contributed by atoms with Crippen LogP contribution in [0.3, 0.4) is 0 Å². The predicted molar refractivity (Wildman–Crippen MR) is 152 cm³/mol. The second-order valence-corrected chi connectivity index (χ2v) is 9.92. The van der Waals surface area contributed by atoms with Crippen LogP contribution in [0.2, 0.25) is 0 Å². The van der Waals surface area contributed by atoms with Gasteiger partial charge in [-0.2, -0.15) is 0 Å². The van der Waals surface area contributed by atoms with E-state index in [1.165, 1.54) is 11.3 Å².